The number of nitrogens with zero attached hydrogens (tertiary/aromatic N) is 4. The molecule has 0 amide bonds. The SMILES string of the molecule is COP(=O)([O-])OCC[N+](C)(C)CCCOc1ccc(C2N(C)CC34C5=c6ccc7c8ccc9c%10ccc%11c%12ccc%13c%14c(c%15c%16c3c6c7c3c8c9c6c%10c%11c(c%14%12)c%15c6c%163)C24C=%13C=C5)c(OCCC[N+](C)(C)CCOP(=O)([O-])OC)c1OCCC[N+](C)(C)CCOP(=O)([O-])OC. The van der Waals surface area contributed by atoms with Gasteiger partial charge in [-0.2, -0.15) is 0 Å². The second kappa shape index (κ2) is 20.3. The highest BCUT2D eigenvalue weighted by Gasteiger charge is 2.74. The molecular formula is C73H75N4O15P3. The van der Waals surface area contributed by atoms with Crippen molar-refractivity contribution in [3.8, 4) is 17.2 Å². The van der Waals surface area contributed by atoms with Crippen LogP contribution in [0.3, 0.4) is 0 Å². The number of hydrogen-bond acceptors (Lipinski definition) is 16. The van der Waals surface area contributed by atoms with Gasteiger partial charge in [0.2, 0.25) is 5.75 Å². The molecule has 22 heteroatoms. The average molecular weight is 1340 g/mol. The molecule has 6 atom stereocenters. The van der Waals surface area contributed by atoms with Crippen molar-refractivity contribution < 1.29 is 83.2 Å². The summed E-state index contributed by atoms with van der Waals surface area (Å²) in [5.41, 5.74) is 5.33. The summed E-state index contributed by atoms with van der Waals surface area (Å²) in [4.78, 5) is 39.2. The van der Waals surface area contributed by atoms with E-state index in [1.165, 1.54) is 151 Å². The first-order valence-corrected chi connectivity index (χ1v) is 37.4. The van der Waals surface area contributed by atoms with E-state index in [1.54, 1.807) is 0 Å². The molecule has 5 aliphatic rings. The molecule has 18 rings (SSSR count). The number of likely N-dealkylation sites (tertiary alicyclic amines) is 1. The summed E-state index contributed by atoms with van der Waals surface area (Å²) in [6.07, 6.45) is 6.77. The topological polar surface area (TPSA) is 207 Å². The Labute approximate surface area is 547 Å². The molecule has 4 aliphatic carbocycles. The molecular weight excluding hydrogens is 1270 g/mol. The summed E-state index contributed by atoms with van der Waals surface area (Å²) in [6.45, 7) is 4.55. The third-order valence-electron chi connectivity index (χ3n) is 23.3. The first-order valence-electron chi connectivity index (χ1n) is 33.0. The molecule has 492 valence electrons. The zero-order valence-electron chi connectivity index (χ0n) is 55.1. The fourth-order valence-electron chi connectivity index (χ4n) is 19.5. The molecule has 1 heterocycles. The first-order chi connectivity index (χ1) is 45.4. The lowest BCUT2D eigenvalue weighted by Gasteiger charge is -2.52. The van der Waals surface area contributed by atoms with Crippen LogP contribution in [0.25, 0.3) is 130 Å². The standard InChI is InChI=1S/C73H75N4O15P3/c1-74-38-72-48-23-24-49-46-21-19-44-42-17-15-40-39-14-16-41-43-18-20-45(48)57-55(43)60-53(41)51(39)59-52(40)54(42)61-56(44)58(46)68(66-64(61)62(59)63(60)65(66)67(57)72)73(49,72)71(74)47-22-25-50(87-32-11-26-75(2,3)29-35-90-93(78,79)84-8)70(89-34-13-28-77(6,7)31-37-92-95(82,83)86-10)69(47)88-33-12-27-76(4,5)30-36-91-94(80,81)85-9/h14-25,71H,11-13,26-38H2,1-10H3. The number of allylic oxidation sites excluding steroid dienone is 2. The number of ether oxygens (including phenoxy) is 3. The van der Waals surface area contributed by atoms with E-state index in [2.05, 4.69) is 98.3 Å². The van der Waals surface area contributed by atoms with Crippen molar-refractivity contribution in [1.82, 2.24) is 4.90 Å². The van der Waals surface area contributed by atoms with Crippen LogP contribution in [-0.4, -0.2) is 174 Å². The molecule has 13 aromatic rings. The number of fused-ring (bicyclic) bond motifs is 3. The van der Waals surface area contributed by atoms with Gasteiger partial charge in [-0.15, -0.1) is 0 Å². The Balaban J connectivity index is 0.824. The van der Waals surface area contributed by atoms with Crippen molar-refractivity contribution in [3.63, 3.8) is 0 Å². The van der Waals surface area contributed by atoms with Crippen molar-refractivity contribution in [3.05, 3.63) is 99.9 Å². The fraction of sp³-hybridized carbons (Fsp3) is 0.397. The first kappa shape index (κ1) is 61.2. The minimum absolute atomic E-state index is 0.0369. The van der Waals surface area contributed by atoms with Crippen LogP contribution in [0.15, 0.2) is 72.8 Å². The molecule has 0 saturated carbocycles. The number of hydrogen-bond donors (Lipinski definition) is 0. The molecule has 0 radical (unpaired) electrons. The van der Waals surface area contributed by atoms with Crippen LogP contribution in [0.5, 0.6) is 17.2 Å². The minimum atomic E-state index is -4.43. The van der Waals surface area contributed by atoms with Gasteiger partial charge in [0.25, 0.3) is 23.5 Å². The third-order valence-corrected chi connectivity index (χ3v) is 26.1. The van der Waals surface area contributed by atoms with E-state index in [0.717, 1.165) is 33.4 Å². The predicted octanol–water partition coefficient (Wildman–Crippen LogP) is 9.88. The van der Waals surface area contributed by atoms with Crippen molar-refractivity contribution in [2.75, 3.05) is 156 Å². The Hall–Kier alpha value is -6.15. The van der Waals surface area contributed by atoms with Crippen LogP contribution in [0, 0.1) is 0 Å². The summed E-state index contributed by atoms with van der Waals surface area (Å²) in [6, 6.07) is 23.5. The smallest absolute Gasteiger partial charge is 0.267 e. The second-order valence-corrected chi connectivity index (χ2v) is 34.1. The van der Waals surface area contributed by atoms with E-state index < -0.39 is 34.3 Å². The van der Waals surface area contributed by atoms with Gasteiger partial charge in [-0.1, -0.05) is 60.7 Å². The van der Waals surface area contributed by atoms with Crippen molar-refractivity contribution in [2.24, 2.45) is 0 Å². The van der Waals surface area contributed by atoms with E-state index in [4.69, 9.17) is 27.8 Å². The molecule has 6 unspecified atom stereocenters. The van der Waals surface area contributed by atoms with Crippen LogP contribution >= 0.6 is 23.5 Å². The summed E-state index contributed by atoms with van der Waals surface area (Å²) < 4.78 is 88.9. The maximum absolute atomic E-state index is 12.3. The number of quaternary nitrogens is 3. The van der Waals surface area contributed by atoms with Gasteiger partial charge in [-0.3, -0.25) is 18.6 Å². The zero-order valence-corrected chi connectivity index (χ0v) is 57.8. The van der Waals surface area contributed by atoms with Crippen molar-refractivity contribution in [1.29, 1.82) is 0 Å². The lowest BCUT2D eigenvalue weighted by molar-refractivity contribution is -0.890. The zero-order chi connectivity index (χ0) is 65.8. The lowest BCUT2D eigenvalue weighted by atomic mass is 9.47. The number of likely N-dealkylation sites (N-methyl/N-ethyl adjacent to an activating group) is 4. The van der Waals surface area contributed by atoms with Crippen molar-refractivity contribution in [2.45, 2.75) is 36.1 Å². The average Bonchev–Trinajstić information content (AvgIpc) is 1.42. The third kappa shape index (κ3) is 7.98. The maximum Gasteiger partial charge on any atom is 0.267 e. The number of benzene rings is 9. The summed E-state index contributed by atoms with van der Waals surface area (Å²) >= 11 is 0. The van der Waals surface area contributed by atoms with Crippen LogP contribution in [0.4, 0.5) is 0 Å². The van der Waals surface area contributed by atoms with E-state index >= 15 is 0 Å². The summed E-state index contributed by atoms with van der Waals surface area (Å²) in [5.74, 6) is 1.60. The molecule has 2 spiro atoms. The highest BCUT2D eigenvalue weighted by atomic mass is 31.2. The van der Waals surface area contributed by atoms with E-state index in [-0.39, 0.29) is 39.1 Å². The van der Waals surface area contributed by atoms with Crippen LogP contribution in [0.1, 0.15) is 42.0 Å². The van der Waals surface area contributed by atoms with E-state index in [1.807, 2.05) is 42.3 Å². The monoisotopic (exact) mass is 1340 g/mol. The quantitative estimate of drug-likeness (QED) is 0.0171. The Morgan fingerprint density at radius 3 is 1.26 bits per heavy atom. The molecule has 13 aromatic carbocycles. The van der Waals surface area contributed by atoms with Gasteiger partial charge in [-0.25, -0.2) is 0 Å². The van der Waals surface area contributed by atoms with Crippen LogP contribution in [-0.2, 0) is 51.7 Å². The van der Waals surface area contributed by atoms with E-state index in [0.29, 0.717) is 95.8 Å². The van der Waals surface area contributed by atoms with Gasteiger partial charge in [0.05, 0.1) is 98.6 Å². The largest absolute Gasteiger partial charge is 0.756 e. The number of rotatable bonds is 31. The van der Waals surface area contributed by atoms with Crippen LogP contribution < -0.4 is 39.3 Å². The Morgan fingerprint density at radius 2 is 0.800 bits per heavy atom. The minimum Gasteiger partial charge on any atom is -0.756 e. The molecule has 95 heavy (non-hydrogen) atoms. The molecule has 0 N–H and O–H groups in total. The highest BCUT2D eigenvalue weighted by Crippen LogP contribution is 2.79. The van der Waals surface area contributed by atoms with Gasteiger partial charge in [-0.05, 0) is 170 Å². The van der Waals surface area contributed by atoms with Gasteiger partial charge in [0.15, 0.2) is 11.5 Å². The molecule has 0 aromatic heterocycles. The summed E-state index contributed by atoms with van der Waals surface area (Å²) in [7, 11) is 4.56. The molecule has 1 aliphatic heterocycles. The highest BCUT2D eigenvalue weighted by molar-refractivity contribution is 7.46. The van der Waals surface area contributed by atoms with Gasteiger partial charge in [0, 0.05) is 52.7 Å². The number of phosphoric acid groups is 3. The van der Waals surface area contributed by atoms with Crippen molar-refractivity contribution >= 4 is 153 Å². The Kier molecular flexibility index (Phi) is 13.1. The summed E-state index contributed by atoms with van der Waals surface area (Å²) in [5, 5.41) is 33.2. The molecule has 0 bridgehead atoms. The predicted molar refractivity (Wildman–Crippen MR) is 366 cm³/mol. The molecule has 1 saturated heterocycles. The number of phosphoric ester groups is 3. The fourth-order valence-corrected chi connectivity index (χ4v) is 20.7. The normalized spacial score (nSPS) is 21.5. The second-order valence-electron chi connectivity index (χ2n) is 29.5. The Morgan fingerprint density at radius 1 is 0.432 bits per heavy atom. The van der Waals surface area contributed by atoms with Gasteiger partial charge < -0.3 is 69.5 Å². The van der Waals surface area contributed by atoms with Gasteiger partial charge in [0.1, 0.15) is 39.5 Å². The maximum atomic E-state index is 12.3. The van der Waals surface area contributed by atoms with Crippen LogP contribution in [0.2, 0.25) is 0 Å². The van der Waals surface area contributed by atoms with Gasteiger partial charge >= 0.3 is 0 Å². The Bertz CT molecular complexity index is 5660. The lowest BCUT2D eigenvalue weighted by Crippen LogP contribution is -2.52. The molecule has 1 fully saturated rings. The molecule has 19 nitrogen and oxygen atoms in total. The van der Waals surface area contributed by atoms with E-state index in [9.17, 15) is 28.4 Å².